The number of carbonyl (C=O) groups is 2. The van der Waals surface area contributed by atoms with Crippen LogP contribution in [0.5, 0.6) is 0 Å². The normalized spacial score (nSPS) is 20.4. The first-order valence-corrected chi connectivity index (χ1v) is 9.58. The Morgan fingerprint density at radius 2 is 1.96 bits per heavy atom. The molecule has 0 N–H and O–H groups in total. The summed E-state index contributed by atoms with van der Waals surface area (Å²) in [5, 5.41) is 0. The number of hydrogen-bond donors (Lipinski definition) is 0. The van der Waals surface area contributed by atoms with E-state index in [1.54, 1.807) is 0 Å². The molecule has 2 unspecified atom stereocenters. The van der Waals surface area contributed by atoms with Gasteiger partial charge in [-0.25, -0.2) is 13.2 Å². The number of sulfone groups is 1. The Hall–Kier alpha value is -2.10. The maximum absolute atomic E-state index is 12.7. The number of ether oxygens (including phenoxy) is 1. The van der Waals surface area contributed by atoms with Crippen LogP contribution in [0, 0.1) is 0 Å². The molecule has 1 aromatic rings. The lowest BCUT2D eigenvalue weighted by Gasteiger charge is -2.26. The van der Waals surface area contributed by atoms with E-state index in [4.69, 9.17) is 4.74 Å². The molecule has 10 heteroatoms. The minimum Gasteiger partial charge on any atom is -0.449 e. The molecule has 0 bridgehead atoms. The van der Waals surface area contributed by atoms with Gasteiger partial charge >= 0.3 is 12.1 Å². The first-order valence-electron chi connectivity index (χ1n) is 7.76. The van der Waals surface area contributed by atoms with E-state index in [1.807, 2.05) is 0 Å². The van der Waals surface area contributed by atoms with Gasteiger partial charge in [-0.3, -0.25) is 4.79 Å². The maximum Gasteiger partial charge on any atom is 0.416 e. The molecular weight excluding hydrogens is 375 g/mol. The van der Waals surface area contributed by atoms with Crippen molar-refractivity contribution >= 4 is 21.7 Å². The van der Waals surface area contributed by atoms with Crippen LogP contribution in [0.4, 0.5) is 13.2 Å². The first-order chi connectivity index (χ1) is 11.9. The van der Waals surface area contributed by atoms with Crippen LogP contribution in [-0.4, -0.2) is 55.9 Å². The van der Waals surface area contributed by atoms with Crippen LogP contribution < -0.4 is 0 Å². The predicted molar refractivity (Wildman–Crippen MR) is 86.2 cm³/mol. The summed E-state index contributed by atoms with van der Waals surface area (Å²) in [6.07, 6.45) is -5.57. The Balaban J connectivity index is 2.03. The van der Waals surface area contributed by atoms with E-state index < -0.39 is 45.6 Å². The summed E-state index contributed by atoms with van der Waals surface area (Å²) in [7, 11) is -1.79. The van der Waals surface area contributed by atoms with E-state index in [-0.39, 0.29) is 17.1 Å². The van der Waals surface area contributed by atoms with Crippen LogP contribution in [0.15, 0.2) is 24.3 Å². The van der Waals surface area contributed by atoms with E-state index in [0.717, 1.165) is 18.2 Å². The largest absolute Gasteiger partial charge is 0.449 e. The molecule has 1 aliphatic heterocycles. The van der Waals surface area contributed by atoms with Crippen LogP contribution in [0.25, 0.3) is 0 Å². The Bertz CT molecular complexity index is 806. The van der Waals surface area contributed by atoms with Crippen molar-refractivity contribution in [3.8, 4) is 0 Å². The Morgan fingerprint density at radius 3 is 2.50 bits per heavy atom. The number of carbonyl (C=O) groups excluding carboxylic acids is 2. The van der Waals surface area contributed by atoms with Gasteiger partial charge < -0.3 is 9.64 Å². The minimum atomic E-state index is -4.61. The van der Waals surface area contributed by atoms with Gasteiger partial charge in [-0.1, -0.05) is 6.07 Å². The lowest BCUT2D eigenvalue weighted by Crippen LogP contribution is -2.44. The molecule has 2 rings (SSSR count). The second-order valence-corrected chi connectivity index (χ2v) is 8.36. The van der Waals surface area contributed by atoms with Crippen molar-refractivity contribution in [3.63, 3.8) is 0 Å². The van der Waals surface area contributed by atoms with Gasteiger partial charge in [0.1, 0.15) is 0 Å². The van der Waals surface area contributed by atoms with E-state index in [9.17, 15) is 31.2 Å². The van der Waals surface area contributed by atoms with Crippen molar-refractivity contribution in [1.82, 2.24) is 4.90 Å². The van der Waals surface area contributed by atoms with Gasteiger partial charge in [0.25, 0.3) is 5.91 Å². The molecule has 0 aromatic heterocycles. The topological polar surface area (TPSA) is 80.8 Å². The lowest BCUT2D eigenvalue weighted by atomic mass is 10.1. The van der Waals surface area contributed by atoms with Gasteiger partial charge in [-0.2, -0.15) is 13.2 Å². The monoisotopic (exact) mass is 393 g/mol. The molecule has 0 radical (unpaired) electrons. The van der Waals surface area contributed by atoms with Crippen molar-refractivity contribution in [2.24, 2.45) is 0 Å². The Morgan fingerprint density at radius 1 is 1.31 bits per heavy atom. The Kier molecular flexibility index (Phi) is 5.64. The quantitative estimate of drug-likeness (QED) is 0.730. The fourth-order valence-electron chi connectivity index (χ4n) is 2.65. The summed E-state index contributed by atoms with van der Waals surface area (Å²) in [6.45, 7) is 1.29. The van der Waals surface area contributed by atoms with Crippen molar-refractivity contribution < 1.29 is 35.9 Å². The molecule has 26 heavy (non-hydrogen) atoms. The van der Waals surface area contributed by atoms with Gasteiger partial charge in [-0.05, 0) is 31.5 Å². The number of benzene rings is 1. The molecule has 144 valence electrons. The maximum atomic E-state index is 12.7. The fourth-order valence-corrected chi connectivity index (χ4v) is 4.42. The van der Waals surface area contributed by atoms with Gasteiger partial charge in [0.15, 0.2) is 15.9 Å². The van der Waals surface area contributed by atoms with Crippen molar-refractivity contribution in [3.05, 3.63) is 35.4 Å². The summed E-state index contributed by atoms with van der Waals surface area (Å²) in [6, 6.07) is 3.18. The number of hydrogen-bond acceptors (Lipinski definition) is 5. The minimum absolute atomic E-state index is 0.0201. The molecule has 2 atom stereocenters. The highest BCUT2D eigenvalue weighted by Gasteiger charge is 2.35. The highest BCUT2D eigenvalue weighted by atomic mass is 32.2. The molecule has 1 aromatic carbocycles. The Labute approximate surface area is 148 Å². The van der Waals surface area contributed by atoms with Gasteiger partial charge in [0.2, 0.25) is 0 Å². The average Bonchev–Trinajstić information content (AvgIpc) is 2.92. The standard InChI is InChI=1S/C16H18F3NO5S/c1-10(14(21)20(2)13-6-7-26(23,24)9-13)25-15(22)11-4-3-5-12(8-11)16(17,18)19/h3-5,8,10,13H,6-7,9H2,1-2H3. The lowest BCUT2D eigenvalue weighted by molar-refractivity contribution is -0.140. The molecule has 0 aliphatic carbocycles. The number of likely N-dealkylation sites (N-methyl/N-ethyl adjacent to an activating group) is 1. The van der Waals surface area contributed by atoms with Gasteiger partial charge in [0.05, 0.1) is 22.6 Å². The highest BCUT2D eigenvalue weighted by Crippen LogP contribution is 2.29. The molecule has 1 heterocycles. The van der Waals surface area contributed by atoms with Crippen molar-refractivity contribution in [1.29, 1.82) is 0 Å². The summed E-state index contributed by atoms with van der Waals surface area (Å²) in [5.41, 5.74) is -1.33. The number of nitrogens with zero attached hydrogens (tertiary/aromatic N) is 1. The van der Waals surface area contributed by atoms with Crippen molar-refractivity contribution in [2.45, 2.75) is 31.7 Å². The SMILES string of the molecule is CC(OC(=O)c1cccc(C(F)(F)F)c1)C(=O)N(C)C1CCS(=O)(=O)C1. The molecular formula is C16H18F3NO5S. The fraction of sp³-hybridized carbons (Fsp3) is 0.500. The van der Waals surface area contributed by atoms with Crippen LogP contribution in [0.2, 0.25) is 0 Å². The van der Waals surface area contributed by atoms with Gasteiger partial charge in [-0.15, -0.1) is 0 Å². The first kappa shape index (κ1) is 20.2. The zero-order valence-corrected chi connectivity index (χ0v) is 14.9. The zero-order chi connectivity index (χ0) is 19.7. The smallest absolute Gasteiger partial charge is 0.416 e. The summed E-state index contributed by atoms with van der Waals surface area (Å²) in [4.78, 5) is 25.5. The molecule has 1 fully saturated rings. The third-order valence-electron chi connectivity index (χ3n) is 4.16. The summed E-state index contributed by atoms with van der Waals surface area (Å²) in [5.74, 6) is -1.87. The number of amides is 1. The number of halogens is 3. The molecule has 1 amide bonds. The third kappa shape index (κ3) is 4.75. The van der Waals surface area contributed by atoms with E-state index in [2.05, 4.69) is 0 Å². The van der Waals surface area contributed by atoms with Gasteiger partial charge in [0, 0.05) is 13.1 Å². The number of esters is 1. The predicted octanol–water partition coefficient (Wildman–Crippen LogP) is 1.90. The molecule has 6 nitrogen and oxygen atoms in total. The molecule has 0 saturated carbocycles. The van der Waals surface area contributed by atoms with Crippen LogP contribution in [0.3, 0.4) is 0 Å². The zero-order valence-electron chi connectivity index (χ0n) is 14.1. The second kappa shape index (κ2) is 7.26. The van der Waals surface area contributed by atoms with Crippen LogP contribution in [-0.2, 0) is 25.5 Å². The summed E-state index contributed by atoms with van der Waals surface area (Å²) >= 11 is 0. The van der Waals surface area contributed by atoms with Crippen LogP contribution >= 0.6 is 0 Å². The number of rotatable bonds is 4. The molecule has 1 saturated heterocycles. The van der Waals surface area contributed by atoms with Crippen molar-refractivity contribution in [2.75, 3.05) is 18.6 Å². The van der Waals surface area contributed by atoms with E-state index >= 15 is 0 Å². The summed E-state index contributed by atoms with van der Waals surface area (Å²) < 4.78 is 66.1. The van der Waals surface area contributed by atoms with Crippen LogP contribution in [0.1, 0.15) is 29.3 Å². The van der Waals surface area contributed by atoms with E-state index in [1.165, 1.54) is 18.9 Å². The third-order valence-corrected chi connectivity index (χ3v) is 5.91. The molecule has 0 spiro atoms. The second-order valence-electron chi connectivity index (χ2n) is 6.13. The van der Waals surface area contributed by atoms with E-state index in [0.29, 0.717) is 12.5 Å². The average molecular weight is 393 g/mol. The highest BCUT2D eigenvalue weighted by molar-refractivity contribution is 7.91. The molecule has 1 aliphatic rings. The number of alkyl halides is 3.